The molecule has 1 rings (SSSR count). The molecule has 0 fully saturated rings. The lowest BCUT2D eigenvalue weighted by atomic mass is 9.97. The topological polar surface area (TPSA) is 47.9 Å². The van der Waals surface area contributed by atoms with Crippen molar-refractivity contribution >= 4 is 0 Å². The van der Waals surface area contributed by atoms with Gasteiger partial charge in [-0.25, -0.2) is 0 Å². The van der Waals surface area contributed by atoms with E-state index in [1.54, 1.807) is 21.3 Å². The Morgan fingerprint density at radius 2 is 1.88 bits per heavy atom. The average molecular weight is 240 g/mol. The van der Waals surface area contributed by atoms with Gasteiger partial charge in [-0.3, -0.25) is 0 Å². The minimum Gasteiger partial charge on any atom is -0.496 e. The SMILES string of the molecule is COCc1c(OC)ccc(C(C)CO)c1OC. The normalized spacial score (nSPS) is 12.3. The molecule has 0 heterocycles. The van der Waals surface area contributed by atoms with Gasteiger partial charge in [0.05, 0.1) is 26.4 Å². The lowest BCUT2D eigenvalue weighted by Gasteiger charge is -2.19. The van der Waals surface area contributed by atoms with Crippen molar-refractivity contribution in [3.8, 4) is 11.5 Å². The van der Waals surface area contributed by atoms with Crippen LogP contribution in [0.25, 0.3) is 0 Å². The molecule has 0 bridgehead atoms. The van der Waals surface area contributed by atoms with Gasteiger partial charge in [0.25, 0.3) is 0 Å². The summed E-state index contributed by atoms with van der Waals surface area (Å²) in [5.74, 6) is 1.48. The highest BCUT2D eigenvalue weighted by molar-refractivity contribution is 5.51. The van der Waals surface area contributed by atoms with E-state index in [-0.39, 0.29) is 12.5 Å². The fourth-order valence-corrected chi connectivity index (χ4v) is 1.83. The first-order chi connectivity index (χ1) is 8.19. The van der Waals surface area contributed by atoms with E-state index >= 15 is 0 Å². The molecule has 0 aliphatic rings. The second kappa shape index (κ2) is 6.47. The molecule has 1 aromatic rings. The van der Waals surface area contributed by atoms with E-state index in [1.165, 1.54) is 0 Å². The average Bonchev–Trinajstić information content (AvgIpc) is 2.37. The standard InChI is InChI=1S/C13H20O4/c1-9(7-14)10-5-6-12(16-3)11(8-15-2)13(10)17-4/h5-6,9,14H,7-8H2,1-4H3. The van der Waals surface area contributed by atoms with Crippen LogP contribution in [0.5, 0.6) is 11.5 Å². The summed E-state index contributed by atoms with van der Waals surface area (Å²) in [7, 11) is 4.85. The molecular weight excluding hydrogens is 220 g/mol. The Bertz CT molecular complexity index is 363. The van der Waals surface area contributed by atoms with Crippen LogP contribution in [0.15, 0.2) is 12.1 Å². The fourth-order valence-electron chi connectivity index (χ4n) is 1.83. The smallest absolute Gasteiger partial charge is 0.131 e. The maximum absolute atomic E-state index is 9.24. The summed E-state index contributed by atoms with van der Waals surface area (Å²) in [6.45, 7) is 2.44. The lowest BCUT2D eigenvalue weighted by Crippen LogP contribution is -2.06. The van der Waals surface area contributed by atoms with Gasteiger partial charge >= 0.3 is 0 Å². The molecule has 0 saturated heterocycles. The fraction of sp³-hybridized carbons (Fsp3) is 0.538. The third-order valence-corrected chi connectivity index (χ3v) is 2.77. The molecule has 0 aliphatic carbocycles. The van der Waals surface area contributed by atoms with Crippen LogP contribution in [0.2, 0.25) is 0 Å². The third-order valence-electron chi connectivity index (χ3n) is 2.77. The summed E-state index contributed by atoms with van der Waals surface area (Å²) in [6.07, 6.45) is 0. The number of benzene rings is 1. The Balaban J connectivity index is 3.29. The van der Waals surface area contributed by atoms with Gasteiger partial charge in [-0.1, -0.05) is 13.0 Å². The van der Waals surface area contributed by atoms with Crippen LogP contribution in [0.4, 0.5) is 0 Å². The number of aliphatic hydroxyl groups is 1. The molecule has 4 heteroatoms. The van der Waals surface area contributed by atoms with Crippen LogP contribution in [0, 0.1) is 0 Å². The molecule has 0 spiro atoms. The van der Waals surface area contributed by atoms with Crippen LogP contribution in [0.3, 0.4) is 0 Å². The molecule has 0 saturated carbocycles. The Morgan fingerprint density at radius 1 is 1.18 bits per heavy atom. The molecule has 1 N–H and O–H groups in total. The Kier molecular flexibility index (Phi) is 5.25. The van der Waals surface area contributed by atoms with E-state index < -0.39 is 0 Å². The zero-order chi connectivity index (χ0) is 12.8. The van der Waals surface area contributed by atoms with Gasteiger partial charge in [-0.15, -0.1) is 0 Å². The van der Waals surface area contributed by atoms with Crippen molar-refractivity contribution in [3.05, 3.63) is 23.3 Å². The van der Waals surface area contributed by atoms with Crippen LogP contribution in [0.1, 0.15) is 24.0 Å². The summed E-state index contributed by atoms with van der Waals surface area (Å²) in [5, 5.41) is 9.24. The number of rotatable bonds is 6. The lowest BCUT2D eigenvalue weighted by molar-refractivity contribution is 0.177. The van der Waals surface area contributed by atoms with Crippen LogP contribution < -0.4 is 9.47 Å². The quantitative estimate of drug-likeness (QED) is 0.825. The van der Waals surface area contributed by atoms with Gasteiger partial charge in [-0.2, -0.15) is 0 Å². The van der Waals surface area contributed by atoms with Gasteiger partial charge in [0, 0.05) is 19.6 Å². The van der Waals surface area contributed by atoms with Gasteiger partial charge < -0.3 is 19.3 Å². The van der Waals surface area contributed by atoms with Crippen molar-refractivity contribution in [3.63, 3.8) is 0 Å². The second-order valence-electron chi connectivity index (χ2n) is 3.89. The highest BCUT2D eigenvalue weighted by atomic mass is 16.5. The zero-order valence-electron chi connectivity index (χ0n) is 10.8. The zero-order valence-corrected chi connectivity index (χ0v) is 10.8. The van der Waals surface area contributed by atoms with Crippen LogP contribution >= 0.6 is 0 Å². The van der Waals surface area contributed by atoms with E-state index in [2.05, 4.69) is 0 Å². The van der Waals surface area contributed by atoms with Crippen molar-refractivity contribution in [2.75, 3.05) is 27.9 Å². The van der Waals surface area contributed by atoms with E-state index in [0.29, 0.717) is 6.61 Å². The predicted octanol–water partition coefficient (Wildman–Crippen LogP) is 1.95. The summed E-state index contributed by atoms with van der Waals surface area (Å²) in [5.41, 5.74) is 1.83. The molecular formula is C13H20O4. The Hall–Kier alpha value is -1.26. The number of aliphatic hydroxyl groups excluding tert-OH is 1. The first kappa shape index (κ1) is 13.8. The molecule has 1 atom stereocenters. The van der Waals surface area contributed by atoms with E-state index in [1.807, 2.05) is 19.1 Å². The Morgan fingerprint density at radius 3 is 2.35 bits per heavy atom. The minimum absolute atomic E-state index is 0.0199. The van der Waals surface area contributed by atoms with Gasteiger partial charge in [0.15, 0.2) is 0 Å². The van der Waals surface area contributed by atoms with Gasteiger partial charge in [-0.05, 0) is 11.6 Å². The summed E-state index contributed by atoms with van der Waals surface area (Å²) in [4.78, 5) is 0. The summed E-state index contributed by atoms with van der Waals surface area (Å²) in [6, 6.07) is 3.79. The summed E-state index contributed by atoms with van der Waals surface area (Å²) >= 11 is 0. The first-order valence-electron chi connectivity index (χ1n) is 5.53. The molecule has 1 aromatic carbocycles. The van der Waals surface area contributed by atoms with Crippen molar-refractivity contribution in [2.45, 2.75) is 19.4 Å². The van der Waals surface area contributed by atoms with Crippen LogP contribution in [-0.2, 0) is 11.3 Å². The van der Waals surface area contributed by atoms with E-state index in [0.717, 1.165) is 22.6 Å². The number of ether oxygens (including phenoxy) is 3. The van der Waals surface area contributed by atoms with Gasteiger partial charge in [0.2, 0.25) is 0 Å². The molecule has 4 nitrogen and oxygen atoms in total. The number of hydrogen-bond acceptors (Lipinski definition) is 4. The highest BCUT2D eigenvalue weighted by Gasteiger charge is 2.18. The molecule has 17 heavy (non-hydrogen) atoms. The first-order valence-corrected chi connectivity index (χ1v) is 5.53. The minimum atomic E-state index is 0.0199. The monoisotopic (exact) mass is 240 g/mol. The van der Waals surface area contributed by atoms with Gasteiger partial charge in [0.1, 0.15) is 11.5 Å². The number of methoxy groups -OCH3 is 3. The van der Waals surface area contributed by atoms with Crippen molar-refractivity contribution < 1.29 is 19.3 Å². The third kappa shape index (κ3) is 2.90. The molecule has 0 radical (unpaired) electrons. The molecule has 0 aliphatic heterocycles. The predicted molar refractivity (Wildman–Crippen MR) is 65.8 cm³/mol. The number of hydrogen-bond donors (Lipinski definition) is 1. The van der Waals surface area contributed by atoms with Crippen molar-refractivity contribution in [1.29, 1.82) is 0 Å². The van der Waals surface area contributed by atoms with Crippen LogP contribution in [-0.4, -0.2) is 33.0 Å². The maximum Gasteiger partial charge on any atom is 0.131 e. The van der Waals surface area contributed by atoms with E-state index in [9.17, 15) is 5.11 Å². The van der Waals surface area contributed by atoms with E-state index in [4.69, 9.17) is 14.2 Å². The second-order valence-corrected chi connectivity index (χ2v) is 3.89. The molecule has 0 amide bonds. The maximum atomic E-state index is 9.24. The summed E-state index contributed by atoms with van der Waals surface area (Å²) < 4.78 is 15.9. The Labute approximate surface area is 102 Å². The molecule has 1 unspecified atom stereocenters. The molecule has 0 aromatic heterocycles. The molecule has 96 valence electrons. The highest BCUT2D eigenvalue weighted by Crippen LogP contribution is 2.36. The largest absolute Gasteiger partial charge is 0.496 e. The van der Waals surface area contributed by atoms with Crippen molar-refractivity contribution in [2.24, 2.45) is 0 Å². The van der Waals surface area contributed by atoms with Crippen molar-refractivity contribution in [1.82, 2.24) is 0 Å².